The Kier molecular flexibility index (Phi) is 7.57. The van der Waals surface area contributed by atoms with E-state index >= 15 is 0 Å². The first-order chi connectivity index (χ1) is 18.4. The van der Waals surface area contributed by atoms with Gasteiger partial charge in [-0.05, 0) is 49.2 Å². The Hall–Kier alpha value is -3.95. The topological polar surface area (TPSA) is 109 Å². The molecule has 2 aliphatic rings. The summed E-state index contributed by atoms with van der Waals surface area (Å²) in [5.41, 5.74) is 2.46. The number of para-hydroxylation sites is 1. The van der Waals surface area contributed by atoms with Crippen molar-refractivity contribution in [3.8, 4) is 5.75 Å². The van der Waals surface area contributed by atoms with Crippen LogP contribution in [-0.4, -0.2) is 42.0 Å². The van der Waals surface area contributed by atoms with Crippen molar-refractivity contribution in [2.75, 3.05) is 17.2 Å². The van der Waals surface area contributed by atoms with Crippen molar-refractivity contribution in [1.29, 1.82) is 0 Å². The maximum atomic E-state index is 13.9. The predicted molar refractivity (Wildman–Crippen MR) is 141 cm³/mol. The van der Waals surface area contributed by atoms with E-state index in [0.29, 0.717) is 17.9 Å². The Morgan fingerprint density at radius 3 is 2.58 bits per heavy atom. The average Bonchev–Trinajstić information content (AvgIpc) is 3.28. The van der Waals surface area contributed by atoms with Crippen molar-refractivity contribution in [3.05, 3.63) is 89.7 Å². The van der Waals surface area contributed by atoms with Gasteiger partial charge in [-0.2, -0.15) is 0 Å². The van der Waals surface area contributed by atoms with Crippen LogP contribution in [0.4, 0.5) is 20.6 Å². The molecule has 0 bridgehead atoms. The number of hydrogen-bond donors (Lipinski definition) is 4. The molecule has 3 amide bonds. The van der Waals surface area contributed by atoms with E-state index in [9.17, 15) is 19.1 Å². The molecule has 8 nitrogen and oxygen atoms in total. The second-order valence-corrected chi connectivity index (χ2v) is 9.62. The minimum atomic E-state index is -0.591. The molecule has 3 aromatic carbocycles. The molecule has 4 N–H and O–H groups in total. The number of aliphatic hydroxyl groups excluding tert-OH is 1. The van der Waals surface area contributed by atoms with Gasteiger partial charge in [0.05, 0.1) is 30.9 Å². The number of ether oxygens (including phenoxy) is 2. The second kappa shape index (κ2) is 11.2. The summed E-state index contributed by atoms with van der Waals surface area (Å²) in [7, 11) is 0. The fourth-order valence-corrected chi connectivity index (χ4v) is 5.15. The molecule has 9 heteroatoms. The molecule has 38 heavy (non-hydrogen) atoms. The first kappa shape index (κ1) is 25.7. The molecular formula is C29H30FN3O5. The fraction of sp³-hybridized carbons (Fsp3) is 0.310. The number of hydrogen-bond acceptors (Lipinski definition) is 5. The van der Waals surface area contributed by atoms with Gasteiger partial charge in [0.15, 0.2) is 0 Å². The summed E-state index contributed by atoms with van der Waals surface area (Å²) in [6.07, 6.45) is -0.736. The first-order valence-corrected chi connectivity index (χ1v) is 12.6. The largest absolute Gasteiger partial charge is 0.487 e. The Labute approximate surface area is 220 Å². The number of nitrogens with one attached hydrogen (secondary N) is 3. The van der Waals surface area contributed by atoms with Crippen LogP contribution in [-0.2, 0) is 9.53 Å². The lowest BCUT2D eigenvalue weighted by Gasteiger charge is -2.37. The number of carbonyl (C=O) groups excluding carboxylic acids is 2. The third-order valence-electron chi connectivity index (χ3n) is 6.97. The quantitative estimate of drug-likeness (QED) is 0.361. The molecule has 3 aromatic rings. The minimum absolute atomic E-state index is 0.0764. The number of rotatable bonds is 7. The number of carbonyl (C=O) groups is 2. The molecule has 0 unspecified atom stereocenters. The van der Waals surface area contributed by atoms with Crippen molar-refractivity contribution in [1.82, 2.24) is 5.32 Å². The molecule has 1 saturated heterocycles. The summed E-state index contributed by atoms with van der Waals surface area (Å²) in [6, 6.07) is 20.2. The molecule has 0 aromatic heterocycles. The van der Waals surface area contributed by atoms with Crippen LogP contribution in [0.25, 0.3) is 0 Å². The highest BCUT2D eigenvalue weighted by Gasteiger charge is 2.46. The number of halogens is 1. The zero-order valence-corrected chi connectivity index (χ0v) is 20.9. The van der Waals surface area contributed by atoms with Crippen LogP contribution in [0.3, 0.4) is 0 Å². The molecule has 0 spiro atoms. The zero-order chi connectivity index (χ0) is 26.6. The van der Waals surface area contributed by atoms with Crippen molar-refractivity contribution in [3.63, 3.8) is 0 Å². The summed E-state index contributed by atoms with van der Waals surface area (Å²) >= 11 is 0. The van der Waals surface area contributed by atoms with Crippen LogP contribution in [0, 0.1) is 5.82 Å². The van der Waals surface area contributed by atoms with Gasteiger partial charge in [0, 0.05) is 17.2 Å². The Morgan fingerprint density at radius 2 is 1.82 bits per heavy atom. The van der Waals surface area contributed by atoms with Gasteiger partial charge in [-0.1, -0.05) is 42.5 Å². The first-order valence-electron chi connectivity index (χ1n) is 12.6. The smallest absolute Gasteiger partial charge is 0.323 e. The van der Waals surface area contributed by atoms with Crippen molar-refractivity contribution in [2.24, 2.45) is 0 Å². The fourth-order valence-electron chi connectivity index (χ4n) is 5.15. The van der Waals surface area contributed by atoms with Crippen molar-refractivity contribution >= 4 is 23.3 Å². The van der Waals surface area contributed by atoms with Crippen LogP contribution in [0.2, 0.25) is 0 Å². The monoisotopic (exact) mass is 519 g/mol. The maximum Gasteiger partial charge on any atom is 0.323 e. The van der Waals surface area contributed by atoms with Gasteiger partial charge in [0.25, 0.3) is 0 Å². The number of amides is 3. The van der Waals surface area contributed by atoms with Gasteiger partial charge < -0.3 is 30.5 Å². The Morgan fingerprint density at radius 1 is 1.05 bits per heavy atom. The maximum absolute atomic E-state index is 13.9. The van der Waals surface area contributed by atoms with E-state index in [2.05, 4.69) is 16.0 Å². The molecule has 5 rings (SSSR count). The number of anilines is 2. The molecular weight excluding hydrogens is 489 g/mol. The third kappa shape index (κ3) is 5.64. The van der Waals surface area contributed by atoms with Crippen LogP contribution >= 0.6 is 0 Å². The molecule has 0 aliphatic carbocycles. The Balaban J connectivity index is 1.25. The third-order valence-corrected chi connectivity index (χ3v) is 6.97. The predicted octanol–water partition coefficient (Wildman–Crippen LogP) is 4.73. The molecule has 198 valence electrons. The lowest BCUT2D eigenvalue weighted by Crippen LogP contribution is -2.47. The highest BCUT2D eigenvalue weighted by Crippen LogP contribution is 2.47. The van der Waals surface area contributed by atoms with E-state index in [4.69, 9.17) is 9.47 Å². The molecule has 0 radical (unpaired) electrons. The van der Waals surface area contributed by atoms with Crippen LogP contribution in [0.1, 0.15) is 42.9 Å². The summed E-state index contributed by atoms with van der Waals surface area (Å²) in [4.78, 5) is 25.3. The number of benzene rings is 3. The van der Waals surface area contributed by atoms with Crippen LogP contribution < -0.4 is 20.7 Å². The summed E-state index contributed by atoms with van der Waals surface area (Å²) in [6.45, 7) is 1.68. The number of urea groups is 1. The normalized spacial score (nSPS) is 22.4. The summed E-state index contributed by atoms with van der Waals surface area (Å²) < 4.78 is 26.0. The van der Waals surface area contributed by atoms with Crippen molar-refractivity contribution < 1.29 is 28.6 Å². The summed E-state index contributed by atoms with van der Waals surface area (Å²) in [5, 5.41) is 18.2. The SMILES string of the molecule is C[C@@H](NC(=O)C[C@@H]1C[C@H]2c3cc(NC(=O)Nc4ccccc4F)ccc3O[C@H]2[C@@H](CO)O1)c1ccccc1. The standard InChI is InChI=1S/C29H30FN3O5/c1-17(18-7-3-2-4-8-18)31-27(35)15-20-14-22-21-13-19(11-12-25(21)38-28(22)26(16-34)37-20)32-29(36)33-24-10-6-5-9-23(24)30/h2-13,17,20,22,26,28,34H,14-16H2,1H3,(H,31,35)(H2,32,33,36)/t17-,20+,22+,26-,28-/m1/s1. The van der Waals surface area contributed by atoms with E-state index in [0.717, 1.165) is 11.1 Å². The van der Waals surface area contributed by atoms with Gasteiger partial charge >= 0.3 is 6.03 Å². The number of fused-ring (bicyclic) bond motifs is 3. The van der Waals surface area contributed by atoms with Crippen LogP contribution in [0.15, 0.2) is 72.8 Å². The second-order valence-electron chi connectivity index (χ2n) is 9.62. The highest BCUT2D eigenvalue weighted by atomic mass is 19.1. The zero-order valence-electron chi connectivity index (χ0n) is 20.9. The molecule has 2 aliphatic heterocycles. The van der Waals surface area contributed by atoms with Crippen LogP contribution in [0.5, 0.6) is 5.75 Å². The van der Waals surface area contributed by atoms with E-state index in [1.807, 2.05) is 43.3 Å². The van der Waals surface area contributed by atoms with E-state index in [1.54, 1.807) is 24.3 Å². The van der Waals surface area contributed by atoms with E-state index in [1.165, 1.54) is 12.1 Å². The van der Waals surface area contributed by atoms with Gasteiger partial charge in [0.2, 0.25) is 5.91 Å². The number of aliphatic hydroxyl groups is 1. The average molecular weight is 520 g/mol. The van der Waals surface area contributed by atoms with Gasteiger partial charge in [0.1, 0.15) is 23.8 Å². The van der Waals surface area contributed by atoms with E-state index in [-0.39, 0.29) is 36.6 Å². The summed E-state index contributed by atoms with van der Waals surface area (Å²) in [5.74, 6) is -0.152. The molecule has 0 saturated carbocycles. The van der Waals surface area contributed by atoms with Crippen molar-refractivity contribution in [2.45, 2.75) is 50.0 Å². The highest BCUT2D eigenvalue weighted by molar-refractivity contribution is 6.00. The minimum Gasteiger partial charge on any atom is -0.487 e. The molecule has 2 heterocycles. The van der Waals surface area contributed by atoms with Gasteiger partial charge in [-0.25, -0.2) is 9.18 Å². The lowest BCUT2D eigenvalue weighted by atomic mass is 9.84. The van der Waals surface area contributed by atoms with Gasteiger partial charge in [-0.15, -0.1) is 0 Å². The lowest BCUT2D eigenvalue weighted by molar-refractivity contribution is -0.142. The van der Waals surface area contributed by atoms with E-state index < -0.39 is 30.2 Å². The molecule has 1 fully saturated rings. The van der Waals surface area contributed by atoms with Gasteiger partial charge in [-0.3, -0.25) is 4.79 Å². The Bertz CT molecular complexity index is 1300. The molecule has 5 atom stereocenters.